The van der Waals surface area contributed by atoms with E-state index in [0.717, 1.165) is 31.9 Å². The predicted molar refractivity (Wildman–Crippen MR) is 114 cm³/mol. The number of hydrogen-bond acceptors (Lipinski definition) is 2. The van der Waals surface area contributed by atoms with Crippen LogP contribution in [0.3, 0.4) is 0 Å². The molecule has 150 valence electrons. The smallest absolute Gasteiger partial charge is 0.321 e. The summed E-state index contributed by atoms with van der Waals surface area (Å²) in [7, 11) is 0. The van der Waals surface area contributed by atoms with E-state index in [4.69, 9.17) is 11.6 Å². The van der Waals surface area contributed by atoms with E-state index in [2.05, 4.69) is 18.7 Å². The Morgan fingerprint density at radius 2 is 1.74 bits per heavy atom. The molecular formula is C22H34ClN3O. The van der Waals surface area contributed by atoms with Crippen molar-refractivity contribution in [3.8, 4) is 0 Å². The Morgan fingerprint density at radius 1 is 1.04 bits per heavy atom. The maximum absolute atomic E-state index is 12.7. The van der Waals surface area contributed by atoms with Crippen molar-refractivity contribution < 1.29 is 4.79 Å². The number of nitrogens with zero attached hydrogens (tertiary/aromatic N) is 3. The summed E-state index contributed by atoms with van der Waals surface area (Å²) >= 11 is 6.08. The standard InChI is InChI=1S/C22H34ClN3O/c1-3-5-10-22(11-6-4-2)17-24(18-22)12-13-25-14-15-26(21(25)27)20-9-7-8-19(23)16-20/h7-9,16H,3-6,10-15,17-18H2,1-2H3. The van der Waals surface area contributed by atoms with Gasteiger partial charge in [-0.05, 0) is 36.5 Å². The van der Waals surface area contributed by atoms with Gasteiger partial charge in [0.05, 0.1) is 0 Å². The third-order valence-corrected chi connectivity index (χ3v) is 6.38. The SMILES string of the molecule is CCCCC1(CCCC)CN(CCN2CCN(c3cccc(Cl)c3)C2=O)C1. The number of amides is 2. The van der Waals surface area contributed by atoms with Crippen molar-refractivity contribution >= 4 is 23.3 Å². The Balaban J connectivity index is 1.46. The third-order valence-electron chi connectivity index (χ3n) is 6.14. The number of carbonyl (C=O) groups excluding carboxylic acids is 1. The lowest BCUT2D eigenvalue weighted by Gasteiger charge is -2.51. The lowest BCUT2D eigenvalue weighted by atomic mass is 9.72. The third kappa shape index (κ3) is 4.97. The Morgan fingerprint density at radius 3 is 2.37 bits per heavy atom. The minimum absolute atomic E-state index is 0.112. The summed E-state index contributed by atoms with van der Waals surface area (Å²) in [6.07, 6.45) is 7.99. The number of urea groups is 1. The molecule has 0 aromatic heterocycles. The molecule has 0 unspecified atom stereocenters. The first-order chi connectivity index (χ1) is 13.1. The average molecular weight is 392 g/mol. The molecule has 0 spiro atoms. The molecule has 4 nitrogen and oxygen atoms in total. The second-order valence-corrected chi connectivity index (χ2v) is 8.76. The summed E-state index contributed by atoms with van der Waals surface area (Å²) < 4.78 is 0. The summed E-state index contributed by atoms with van der Waals surface area (Å²) in [5.74, 6) is 0. The molecule has 2 amide bonds. The molecule has 0 bridgehead atoms. The second kappa shape index (κ2) is 9.29. The van der Waals surface area contributed by atoms with E-state index in [1.165, 1.54) is 51.6 Å². The number of likely N-dealkylation sites (tertiary alicyclic amines) is 1. The molecule has 1 aromatic carbocycles. The van der Waals surface area contributed by atoms with E-state index in [-0.39, 0.29) is 6.03 Å². The fraction of sp³-hybridized carbons (Fsp3) is 0.682. The number of carbonyl (C=O) groups is 1. The molecule has 3 rings (SSSR count). The summed E-state index contributed by atoms with van der Waals surface area (Å²) in [5, 5.41) is 0.676. The van der Waals surface area contributed by atoms with Crippen molar-refractivity contribution in [1.82, 2.24) is 9.80 Å². The van der Waals surface area contributed by atoms with Crippen molar-refractivity contribution in [3.63, 3.8) is 0 Å². The van der Waals surface area contributed by atoms with Crippen LogP contribution < -0.4 is 4.90 Å². The lowest BCUT2D eigenvalue weighted by molar-refractivity contribution is -0.0186. The van der Waals surface area contributed by atoms with Crippen molar-refractivity contribution in [2.75, 3.05) is 44.2 Å². The highest BCUT2D eigenvalue weighted by molar-refractivity contribution is 6.30. The minimum atomic E-state index is 0.112. The molecule has 2 saturated heterocycles. The van der Waals surface area contributed by atoms with Gasteiger partial charge in [0.1, 0.15) is 0 Å². The first-order valence-electron chi connectivity index (χ1n) is 10.6. The van der Waals surface area contributed by atoms with Crippen LogP contribution in [0.1, 0.15) is 52.4 Å². The molecule has 2 aliphatic heterocycles. The topological polar surface area (TPSA) is 26.8 Å². The second-order valence-electron chi connectivity index (χ2n) is 8.32. The van der Waals surface area contributed by atoms with Gasteiger partial charge in [-0.15, -0.1) is 0 Å². The van der Waals surface area contributed by atoms with E-state index < -0.39 is 0 Å². The fourth-order valence-corrected chi connectivity index (χ4v) is 4.73. The number of hydrogen-bond donors (Lipinski definition) is 0. The first-order valence-corrected chi connectivity index (χ1v) is 11.0. The highest BCUT2D eigenvalue weighted by Crippen LogP contribution is 2.40. The van der Waals surface area contributed by atoms with Gasteiger partial charge in [-0.1, -0.05) is 57.2 Å². The van der Waals surface area contributed by atoms with E-state index in [1.54, 1.807) is 0 Å². The van der Waals surface area contributed by atoms with Gasteiger partial charge in [0.15, 0.2) is 0 Å². The van der Waals surface area contributed by atoms with E-state index in [1.807, 2.05) is 34.1 Å². The monoisotopic (exact) mass is 391 g/mol. The van der Waals surface area contributed by atoms with E-state index in [0.29, 0.717) is 10.4 Å². The average Bonchev–Trinajstić information content (AvgIpc) is 3.00. The fourth-order valence-electron chi connectivity index (χ4n) is 4.54. The Kier molecular flexibility index (Phi) is 7.04. The highest BCUT2D eigenvalue weighted by Gasteiger charge is 2.41. The van der Waals surface area contributed by atoms with Crippen LogP contribution in [0, 0.1) is 5.41 Å². The molecule has 2 aliphatic rings. The maximum atomic E-state index is 12.7. The van der Waals surface area contributed by atoms with Crippen LogP contribution in [0.25, 0.3) is 0 Å². The molecule has 0 N–H and O–H groups in total. The molecule has 27 heavy (non-hydrogen) atoms. The van der Waals surface area contributed by atoms with Crippen molar-refractivity contribution in [3.05, 3.63) is 29.3 Å². The van der Waals surface area contributed by atoms with Gasteiger partial charge in [-0.25, -0.2) is 4.79 Å². The van der Waals surface area contributed by atoms with Gasteiger partial charge in [-0.3, -0.25) is 4.90 Å². The Hall–Kier alpha value is -1.26. The van der Waals surface area contributed by atoms with Gasteiger partial charge in [0.2, 0.25) is 0 Å². The van der Waals surface area contributed by atoms with Gasteiger partial charge in [0, 0.05) is 50.0 Å². The minimum Gasteiger partial charge on any atom is -0.321 e. The van der Waals surface area contributed by atoms with Gasteiger partial charge in [0.25, 0.3) is 0 Å². The number of unbranched alkanes of at least 4 members (excludes halogenated alkanes) is 2. The molecule has 2 heterocycles. The van der Waals surface area contributed by atoms with Crippen LogP contribution in [0.15, 0.2) is 24.3 Å². The molecule has 1 aromatic rings. The lowest BCUT2D eigenvalue weighted by Crippen LogP contribution is -2.57. The quantitative estimate of drug-likeness (QED) is 0.543. The summed E-state index contributed by atoms with van der Waals surface area (Å²) in [5.41, 5.74) is 1.45. The largest absolute Gasteiger partial charge is 0.324 e. The van der Waals surface area contributed by atoms with Crippen LogP contribution in [-0.2, 0) is 0 Å². The maximum Gasteiger partial charge on any atom is 0.324 e. The molecule has 5 heteroatoms. The summed E-state index contributed by atoms with van der Waals surface area (Å²) in [4.78, 5) is 19.1. The van der Waals surface area contributed by atoms with Crippen molar-refractivity contribution in [2.45, 2.75) is 52.4 Å². The molecule has 0 aliphatic carbocycles. The predicted octanol–water partition coefficient (Wildman–Crippen LogP) is 5.26. The van der Waals surface area contributed by atoms with Gasteiger partial charge >= 0.3 is 6.03 Å². The Labute approximate surface area is 169 Å². The van der Waals surface area contributed by atoms with Crippen LogP contribution in [0.4, 0.5) is 10.5 Å². The van der Waals surface area contributed by atoms with Gasteiger partial charge < -0.3 is 9.80 Å². The van der Waals surface area contributed by atoms with Crippen LogP contribution in [0.5, 0.6) is 0 Å². The highest BCUT2D eigenvalue weighted by atomic mass is 35.5. The van der Waals surface area contributed by atoms with E-state index >= 15 is 0 Å². The zero-order valence-electron chi connectivity index (χ0n) is 16.9. The molecular weight excluding hydrogens is 358 g/mol. The number of halogens is 1. The van der Waals surface area contributed by atoms with Crippen molar-refractivity contribution in [1.29, 1.82) is 0 Å². The van der Waals surface area contributed by atoms with Crippen molar-refractivity contribution in [2.24, 2.45) is 5.41 Å². The first kappa shape index (κ1) is 20.5. The molecule has 0 radical (unpaired) electrons. The van der Waals surface area contributed by atoms with Gasteiger partial charge in [-0.2, -0.15) is 0 Å². The van der Waals surface area contributed by atoms with Crippen LogP contribution in [-0.4, -0.2) is 55.1 Å². The summed E-state index contributed by atoms with van der Waals surface area (Å²) in [6.45, 7) is 10.4. The summed E-state index contributed by atoms with van der Waals surface area (Å²) in [6, 6.07) is 7.68. The van der Waals surface area contributed by atoms with Crippen LogP contribution in [0.2, 0.25) is 5.02 Å². The molecule has 0 atom stereocenters. The van der Waals surface area contributed by atoms with E-state index in [9.17, 15) is 4.79 Å². The van der Waals surface area contributed by atoms with Crippen LogP contribution >= 0.6 is 11.6 Å². The Bertz CT molecular complexity index is 620. The zero-order valence-corrected chi connectivity index (χ0v) is 17.7. The number of anilines is 1. The number of benzene rings is 1. The zero-order chi connectivity index (χ0) is 19.3. The molecule has 0 saturated carbocycles. The number of rotatable bonds is 10. The molecule has 2 fully saturated rings. The normalized spacial score (nSPS) is 19.6.